The van der Waals surface area contributed by atoms with Crippen LogP contribution in [0.2, 0.25) is 0 Å². The van der Waals surface area contributed by atoms with E-state index in [-0.39, 0.29) is 10.6 Å². The molecule has 2 aromatic rings. The van der Waals surface area contributed by atoms with Gasteiger partial charge in [0.1, 0.15) is 4.99 Å². The van der Waals surface area contributed by atoms with Crippen molar-refractivity contribution in [2.45, 2.75) is 0 Å². The number of benzene rings is 1. The SMILES string of the molecule is NC(=S)c1cc2cc(Br)cc(Br)c2oc1=O. The van der Waals surface area contributed by atoms with Gasteiger partial charge in [0.25, 0.3) is 0 Å². The fourth-order valence-corrected chi connectivity index (χ4v) is 2.81. The molecule has 0 saturated carbocycles. The Kier molecular flexibility index (Phi) is 3.14. The fraction of sp³-hybridized carbons (Fsp3) is 0. The first-order chi connectivity index (χ1) is 7.49. The van der Waals surface area contributed by atoms with Gasteiger partial charge in [0, 0.05) is 9.86 Å². The first kappa shape index (κ1) is 11.8. The van der Waals surface area contributed by atoms with Gasteiger partial charge in [-0.2, -0.15) is 0 Å². The maximum absolute atomic E-state index is 11.5. The highest BCUT2D eigenvalue weighted by Gasteiger charge is 2.10. The summed E-state index contributed by atoms with van der Waals surface area (Å²) in [6, 6.07) is 5.25. The van der Waals surface area contributed by atoms with Crippen LogP contribution in [0.1, 0.15) is 5.56 Å². The minimum Gasteiger partial charge on any atom is -0.421 e. The lowest BCUT2D eigenvalue weighted by molar-refractivity contribution is 0.558. The first-order valence-corrected chi connectivity index (χ1v) is 6.21. The van der Waals surface area contributed by atoms with E-state index in [9.17, 15) is 4.79 Å². The second-order valence-electron chi connectivity index (χ2n) is 3.12. The van der Waals surface area contributed by atoms with Crippen LogP contribution in [0.25, 0.3) is 11.0 Å². The summed E-state index contributed by atoms with van der Waals surface area (Å²) in [5, 5.41) is 0.753. The molecule has 0 aliphatic carbocycles. The van der Waals surface area contributed by atoms with Gasteiger partial charge in [-0.3, -0.25) is 0 Å². The van der Waals surface area contributed by atoms with Crippen molar-refractivity contribution in [2.24, 2.45) is 5.73 Å². The monoisotopic (exact) mass is 361 g/mol. The summed E-state index contributed by atoms with van der Waals surface area (Å²) >= 11 is 11.4. The lowest BCUT2D eigenvalue weighted by Crippen LogP contribution is -2.19. The van der Waals surface area contributed by atoms with E-state index in [0.717, 1.165) is 9.86 Å². The molecule has 0 radical (unpaired) electrons. The van der Waals surface area contributed by atoms with Gasteiger partial charge >= 0.3 is 5.63 Å². The minimum atomic E-state index is -0.525. The predicted octanol–water partition coefficient (Wildman–Crippen LogP) is 2.95. The molecule has 0 spiro atoms. The molecule has 0 bridgehead atoms. The Labute approximate surface area is 113 Å². The third-order valence-corrected chi connectivity index (χ3v) is 3.28. The quantitative estimate of drug-likeness (QED) is 0.626. The Morgan fingerprint density at radius 1 is 1.31 bits per heavy atom. The average Bonchev–Trinajstić information content (AvgIpc) is 2.18. The molecule has 1 heterocycles. The fourth-order valence-electron chi connectivity index (χ4n) is 1.33. The molecule has 1 aromatic heterocycles. The van der Waals surface area contributed by atoms with Gasteiger partial charge in [0.2, 0.25) is 0 Å². The molecular weight excluding hydrogens is 358 g/mol. The first-order valence-electron chi connectivity index (χ1n) is 4.22. The zero-order valence-corrected chi connectivity index (χ0v) is 11.8. The van der Waals surface area contributed by atoms with Gasteiger partial charge in [-0.15, -0.1) is 0 Å². The molecule has 1 aromatic carbocycles. The average molecular weight is 363 g/mol. The molecule has 0 saturated heterocycles. The van der Waals surface area contributed by atoms with Crippen LogP contribution in [0, 0.1) is 0 Å². The number of halogens is 2. The van der Waals surface area contributed by atoms with Gasteiger partial charge in [-0.1, -0.05) is 28.1 Å². The van der Waals surface area contributed by atoms with Crippen LogP contribution in [-0.2, 0) is 0 Å². The maximum atomic E-state index is 11.5. The zero-order chi connectivity index (χ0) is 11.9. The van der Waals surface area contributed by atoms with Gasteiger partial charge in [-0.05, 0) is 34.1 Å². The zero-order valence-electron chi connectivity index (χ0n) is 7.79. The Bertz CT molecular complexity index is 651. The van der Waals surface area contributed by atoms with Crippen LogP contribution >= 0.6 is 44.1 Å². The summed E-state index contributed by atoms with van der Waals surface area (Å²) < 4.78 is 6.72. The number of hydrogen-bond donors (Lipinski definition) is 1. The molecule has 0 unspecified atom stereocenters. The van der Waals surface area contributed by atoms with Gasteiger partial charge in [-0.25, -0.2) is 4.79 Å². The maximum Gasteiger partial charge on any atom is 0.346 e. The topological polar surface area (TPSA) is 56.2 Å². The van der Waals surface area contributed by atoms with Crippen LogP contribution in [0.15, 0.2) is 36.4 Å². The van der Waals surface area contributed by atoms with Crippen molar-refractivity contribution in [3.05, 3.63) is 43.1 Å². The van der Waals surface area contributed by atoms with Crippen molar-refractivity contribution in [2.75, 3.05) is 0 Å². The third-order valence-electron chi connectivity index (χ3n) is 2.02. The van der Waals surface area contributed by atoms with Crippen molar-refractivity contribution in [1.29, 1.82) is 0 Å². The lowest BCUT2D eigenvalue weighted by atomic mass is 10.2. The van der Waals surface area contributed by atoms with Crippen molar-refractivity contribution in [1.82, 2.24) is 0 Å². The van der Waals surface area contributed by atoms with E-state index in [1.807, 2.05) is 6.07 Å². The molecule has 0 atom stereocenters. The van der Waals surface area contributed by atoms with Gasteiger partial charge in [0.05, 0.1) is 10.0 Å². The standard InChI is InChI=1S/C10H5Br2NO2S/c11-5-1-4-2-6(9(13)16)10(14)15-8(4)7(12)3-5/h1-3H,(H2,13,16). The molecule has 2 rings (SSSR count). The molecule has 2 N–H and O–H groups in total. The molecule has 3 nitrogen and oxygen atoms in total. The third kappa shape index (κ3) is 2.05. The van der Waals surface area contributed by atoms with Crippen LogP contribution < -0.4 is 11.4 Å². The Morgan fingerprint density at radius 2 is 2.00 bits per heavy atom. The Hall–Kier alpha value is -0.720. The van der Waals surface area contributed by atoms with E-state index >= 15 is 0 Å². The number of fused-ring (bicyclic) bond motifs is 1. The molecule has 6 heteroatoms. The van der Waals surface area contributed by atoms with Gasteiger partial charge < -0.3 is 10.2 Å². The van der Waals surface area contributed by atoms with Crippen molar-refractivity contribution < 1.29 is 4.42 Å². The molecular formula is C10H5Br2NO2S. The molecule has 82 valence electrons. The van der Waals surface area contributed by atoms with E-state index < -0.39 is 5.63 Å². The second-order valence-corrected chi connectivity index (χ2v) is 5.33. The molecule has 0 fully saturated rings. The van der Waals surface area contributed by atoms with Crippen LogP contribution in [0.3, 0.4) is 0 Å². The van der Waals surface area contributed by atoms with Crippen LogP contribution in [-0.4, -0.2) is 4.99 Å². The van der Waals surface area contributed by atoms with Gasteiger partial charge in [0.15, 0.2) is 5.58 Å². The number of rotatable bonds is 1. The minimum absolute atomic E-state index is 0.0340. The van der Waals surface area contributed by atoms with Crippen LogP contribution in [0.4, 0.5) is 0 Å². The van der Waals surface area contributed by atoms with Crippen molar-refractivity contribution >= 4 is 60.0 Å². The van der Waals surface area contributed by atoms with E-state index in [1.54, 1.807) is 12.1 Å². The highest BCUT2D eigenvalue weighted by molar-refractivity contribution is 9.11. The van der Waals surface area contributed by atoms with E-state index in [0.29, 0.717) is 10.1 Å². The number of hydrogen-bond acceptors (Lipinski definition) is 3. The second kappa shape index (κ2) is 4.27. The number of thiocarbonyl (C=S) groups is 1. The highest BCUT2D eigenvalue weighted by Crippen LogP contribution is 2.27. The summed E-state index contributed by atoms with van der Waals surface area (Å²) in [4.78, 5) is 11.6. The lowest BCUT2D eigenvalue weighted by Gasteiger charge is -2.02. The summed E-state index contributed by atoms with van der Waals surface area (Å²) in [5.74, 6) is 0. The van der Waals surface area contributed by atoms with Crippen molar-refractivity contribution in [3.8, 4) is 0 Å². The smallest absolute Gasteiger partial charge is 0.346 e. The molecule has 0 aliphatic heterocycles. The van der Waals surface area contributed by atoms with E-state index in [1.165, 1.54) is 0 Å². The summed E-state index contributed by atoms with van der Waals surface area (Å²) in [6.45, 7) is 0. The summed E-state index contributed by atoms with van der Waals surface area (Å²) in [7, 11) is 0. The predicted molar refractivity (Wildman–Crippen MR) is 73.8 cm³/mol. The summed E-state index contributed by atoms with van der Waals surface area (Å²) in [6.07, 6.45) is 0. The molecule has 16 heavy (non-hydrogen) atoms. The normalized spacial score (nSPS) is 10.6. The number of nitrogens with two attached hydrogens (primary N) is 1. The Morgan fingerprint density at radius 3 is 2.62 bits per heavy atom. The summed E-state index contributed by atoms with van der Waals surface area (Å²) in [5.41, 5.74) is 5.60. The molecule has 0 amide bonds. The highest BCUT2D eigenvalue weighted by atomic mass is 79.9. The van der Waals surface area contributed by atoms with E-state index in [4.69, 9.17) is 22.4 Å². The van der Waals surface area contributed by atoms with E-state index in [2.05, 4.69) is 31.9 Å². The van der Waals surface area contributed by atoms with Crippen molar-refractivity contribution in [3.63, 3.8) is 0 Å². The largest absolute Gasteiger partial charge is 0.421 e. The molecule has 0 aliphatic rings. The van der Waals surface area contributed by atoms with Crippen LogP contribution in [0.5, 0.6) is 0 Å². The Balaban J connectivity index is 2.90.